The maximum absolute atomic E-state index is 10.2. The van der Waals surface area contributed by atoms with Gasteiger partial charge in [0.2, 0.25) is 0 Å². The highest BCUT2D eigenvalue weighted by Gasteiger charge is 2.05. The molecule has 1 aromatic rings. The van der Waals surface area contributed by atoms with Crippen LogP contribution in [0, 0.1) is 16.2 Å². The summed E-state index contributed by atoms with van der Waals surface area (Å²) in [6.07, 6.45) is 3.13. The van der Waals surface area contributed by atoms with Gasteiger partial charge in [0, 0.05) is 12.4 Å². The second kappa shape index (κ2) is 5.24. The first kappa shape index (κ1) is 10.5. The van der Waals surface area contributed by atoms with Crippen LogP contribution in [-0.4, -0.2) is 21.5 Å². The molecule has 14 heavy (non-hydrogen) atoms. The van der Waals surface area contributed by atoms with Crippen molar-refractivity contribution in [3.63, 3.8) is 0 Å². The average molecular weight is 256 g/mol. The van der Waals surface area contributed by atoms with Gasteiger partial charge in [0.25, 0.3) is 0 Å². The van der Waals surface area contributed by atoms with E-state index >= 15 is 0 Å². The van der Waals surface area contributed by atoms with Gasteiger partial charge in [0.15, 0.2) is 0 Å². The predicted octanol–water partition coefficient (Wildman–Crippen LogP) is 1.25. The third kappa shape index (κ3) is 3.06. The summed E-state index contributed by atoms with van der Waals surface area (Å²) in [6, 6.07) is 1.82. The molecular weight excluding hydrogens is 250 g/mol. The van der Waals surface area contributed by atoms with Crippen LogP contribution in [-0.2, 0) is 6.54 Å². The maximum atomic E-state index is 10.2. The van der Waals surface area contributed by atoms with Crippen LogP contribution in [0.2, 0.25) is 0 Å². The van der Waals surface area contributed by atoms with Crippen LogP contribution >= 0.6 is 15.9 Å². The van der Waals surface area contributed by atoms with Gasteiger partial charge in [0.05, 0.1) is 15.8 Å². The summed E-state index contributed by atoms with van der Waals surface area (Å²) in [4.78, 5) is 18.1. The SMILES string of the molecule is N#CCN(Cc1ncc(Br)cn1)N=O. The lowest BCUT2D eigenvalue weighted by atomic mass is 10.5. The second-order valence-corrected chi connectivity index (χ2v) is 3.30. The highest BCUT2D eigenvalue weighted by Crippen LogP contribution is 2.05. The standard InChI is InChI=1S/C7H6BrN5O/c8-6-3-10-7(11-4-6)5-13(12-14)2-1-9/h3-4H,2,5H2. The lowest BCUT2D eigenvalue weighted by Crippen LogP contribution is -2.17. The van der Waals surface area contributed by atoms with Crippen molar-refractivity contribution in [2.24, 2.45) is 5.29 Å². The lowest BCUT2D eigenvalue weighted by molar-refractivity contribution is 0.302. The Balaban J connectivity index is 2.63. The van der Waals surface area contributed by atoms with Gasteiger partial charge in [0.1, 0.15) is 18.9 Å². The highest BCUT2D eigenvalue weighted by atomic mass is 79.9. The second-order valence-electron chi connectivity index (χ2n) is 2.38. The Bertz CT molecular complexity index is 346. The van der Waals surface area contributed by atoms with Gasteiger partial charge in [-0.05, 0) is 15.9 Å². The minimum absolute atomic E-state index is 0.0665. The van der Waals surface area contributed by atoms with E-state index in [9.17, 15) is 4.91 Å². The first-order valence-electron chi connectivity index (χ1n) is 3.68. The molecule has 0 atom stereocenters. The summed E-state index contributed by atoms with van der Waals surface area (Å²) in [7, 11) is 0. The van der Waals surface area contributed by atoms with Gasteiger partial charge in [-0.2, -0.15) is 5.26 Å². The summed E-state index contributed by atoms with van der Waals surface area (Å²) < 4.78 is 0.757. The molecule has 6 nitrogen and oxygen atoms in total. The highest BCUT2D eigenvalue weighted by molar-refractivity contribution is 9.10. The molecule has 0 fully saturated rings. The molecule has 0 saturated heterocycles. The molecule has 0 radical (unpaired) electrons. The maximum Gasteiger partial charge on any atom is 0.149 e. The molecule has 0 unspecified atom stereocenters. The first-order valence-corrected chi connectivity index (χ1v) is 4.47. The van der Waals surface area contributed by atoms with Crippen LogP contribution in [0.1, 0.15) is 5.82 Å². The molecule has 1 aromatic heterocycles. The van der Waals surface area contributed by atoms with Gasteiger partial charge in [-0.15, -0.1) is 4.91 Å². The van der Waals surface area contributed by atoms with Crippen LogP contribution in [0.4, 0.5) is 0 Å². The fraction of sp³-hybridized carbons (Fsp3) is 0.286. The topological polar surface area (TPSA) is 82.2 Å². The number of hydrogen-bond acceptors (Lipinski definition) is 5. The van der Waals surface area contributed by atoms with Gasteiger partial charge in [-0.25, -0.2) is 15.0 Å². The molecule has 1 heterocycles. The molecule has 1 rings (SSSR count). The minimum atomic E-state index is -0.0665. The lowest BCUT2D eigenvalue weighted by Gasteiger charge is -2.08. The normalized spacial score (nSPS) is 9.14. The Labute approximate surface area is 88.7 Å². The fourth-order valence-electron chi connectivity index (χ4n) is 0.779. The summed E-state index contributed by atoms with van der Waals surface area (Å²) in [6.45, 7) is 0.0767. The Kier molecular flexibility index (Phi) is 3.94. The third-order valence-corrected chi connectivity index (χ3v) is 1.78. The number of rotatable bonds is 4. The van der Waals surface area contributed by atoms with Crippen molar-refractivity contribution < 1.29 is 0 Å². The summed E-state index contributed by atoms with van der Waals surface area (Å²) in [5.74, 6) is 0.447. The van der Waals surface area contributed by atoms with Gasteiger partial charge < -0.3 is 0 Å². The van der Waals surface area contributed by atoms with Crippen LogP contribution in [0.3, 0.4) is 0 Å². The van der Waals surface area contributed by atoms with Crippen LogP contribution in [0.5, 0.6) is 0 Å². The summed E-state index contributed by atoms with van der Waals surface area (Å²) >= 11 is 3.18. The first-order chi connectivity index (χ1) is 6.76. The van der Waals surface area contributed by atoms with Gasteiger partial charge in [-0.3, -0.25) is 0 Å². The number of hydrogen-bond donors (Lipinski definition) is 0. The van der Waals surface area contributed by atoms with Crippen molar-refractivity contribution in [1.82, 2.24) is 15.0 Å². The van der Waals surface area contributed by atoms with E-state index in [1.807, 2.05) is 6.07 Å². The zero-order valence-corrected chi connectivity index (χ0v) is 8.68. The van der Waals surface area contributed by atoms with E-state index in [-0.39, 0.29) is 13.1 Å². The van der Waals surface area contributed by atoms with E-state index in [0.717, 1.165) is 9.48 Å². The van der Waals surface area contributed by atoms with Crippen LogP contribution in [0.25, 0.3) is 0 Å². The molecule has 0 aliphatic rings. The Morgan fingerprint density at radius 1 is 1.57 bits per heavy atom. The van der Waals surface area contributed by atoms with Crippen molar-refractivity contribution in [3.8, 4) is 6.07 Å². The third-order valence-electron chi connectivity index (χ3n) is 1.37. The fourth-order valence-corrected chi connectivity index (χ4v) is 0.984. The molecule has 0 saturated carbocycles. The minimum Gasteiger partial charge on any atom is -0.239 e. The molecular formula is C7H6BrN5O. The van der Waals surface area contributed by atoms with E-state index in [0.29, 0.717) is 5.82 Å². The number of nitroso groups, excluding NO2 is 1. The quantitative estimate of drug-likeness (QED) is 0.460. The summed E-state index contributed by atoms with van der Waals surface area (Å²) in [5, 5.41) is 12.1. The number of aromatic nitrogens is 2. The molecule has 0 amide bonds. The predicted molar refractivity (Wildman–Crippen MR) is 51.6 cm³/mol. The van der Waals surface area contributed by atoms with Crippen molar-refractivity contribution in [1.29, 1.82) is 5.26 Å². The molecule has 0 aliphatic carbocycles. The van der Waals surface area contributed by atoms with Gasteiger partial charge >= 0.3 is 0 Å². The van der Waals surface area contributed by atoms with Crippen molar-refractivity contribution >= 4 is 15.9 Å². The Hall–Kier alpha value is -1.55. The van der Waals surface area contributed by atoms with Crippen molar-refractivity contribution in [3.05, 3.63) is 27.6 Å². The molecule has 0 aliphatic heterocycles. The monoisotopic (exact) mass is 255 g/mol. The van der Waals surface area contributed by atoms with Crippen molar-refractivity contribution in [2.75, 3.05) is 6.54 Å². The van der Waals surface area contributed by atoms with Crippen LogP contribution < -0.4 is 0 Å². The number of nitriles is 1. The van der Waals surface area contributed by atoms with E-state index in [1.54, 1.807) is 12.4 Å². The van der Waals surface area contributed by atoms with Gasteiger partial charge in [-0.1, -0.05) is 0 Å². The van der Waals surface area contributed by atoms with E-state index in [4.69, 9.17) is 5.26 Å². The number of nitrogens with zero attached hydrogens (tertiary/aromatic N) is 5. The molecule has 72 valence electrons. The molecule has 0 N–H and O–H groups in total. The molecule has 0 aromatic carbocycles. The van der Waals surface area contributed by atoms with E-state index < -0.39 is 0 Å². The van der Waals surface area contributed by atoms with E-state index in [1.165, 1.54) is 0 Å². The smallest absolute Gasteiger partial charge is 0.149 e. The largest absolute Gasteiger partial charge is 0.239 e. The zero-order valence-electron chi connectivity index (χ0n) is 7.09. The summed E-state index contributed by atoms with van der Waals surface area (Å²) in [5.41, 5.74) is 0. The molecule has 0 bridgehead atoms. The zero-order chi connectivity index (χ0) is 10.4. The Morgan fingerprint density at radius 2 is 2.21 bits per heavy atom. The van der Waals surface area contributed by atoms with E-state index in [2.05, 4.69) is 31.2 Å². The molecule has 0 spiro atoms. The Morgan fingerprint density at radius 3 is 2.71 bits per heavy atom. The molecule has 7 heteroatoms. The van der Waals surface area contributed by atoms with Crippen LogP contribution in [0.15, 0.2) is 22.2 Å². The van der Waals surface area contributed by atoms with Crippen molar-refractivity contribution in [2.45, 2.75) is 6.54 Å². The number of halogens is 1. The average Bonchev–Trinajstić information content (AvgIpc) is 2.20.